The summed E-state index contributed by atoms with van der Waals surface area (Å²) in [6.45, 7) is 2.21. The van der Waals surface area contributed by atoms with E-state index in [4.69, 9.17) is 4.74 Å². The lowest BCUT2D eigenvalue weighted by Gasteiger charge is -2.35. The van der Waals surface area contributed by atoms with Crippen LogP contribution in [0.3, 0.4) is 0 Å². The molecule has 0 aliphatic heterocycles. The third kappa shape index (κ3) is 1.48. The van der Waals surface area contributed by atoms with Gasteiger partial charge in [0, 0.05) is 15.0 Å². The van der Waals surface area contributed by atoms with Crippen LogP contribution < -0.4 is 4.74 Å². The molecule has 2 atom stereocenters. The summed E-state index contributed by atoms with van der Waals surface area (Å²) in [5.74, 6) is 0.916. The number of hydrogen-bond donors (Lipinski definition) is 1. The van der Waals surface area contributed by atoms with Gasteiger partial charge < -0.3 is 9.84 Å². The quantitative estimate of drug-likeness (QED) is 0.858. The summed E-state index contributed by atoms with van der Waals surface area (Å²) in [6, 6.07) is 6.35. The van der Waals surface area contributed by atoms with Crippen molar-refractivity contribution in [3.63, 3.8) is 0 Å². The van der Waals surface area contributed by atoms with Crippen molar-refractivity contribution in [2.45, 2.75) is 32.3 Å². The average molecular weight is 286 g/mol. The zero-order valence-electron chi connectivity index (χ0n) is 11.8. The first-order valence-corrected chi connectivity index (χ1v) is 7.93. The number of aliphatic hydroxyl groups excluding tert-OH is 1. The molecule has 0 saturated heterocycles. The highest BCUT2D eigenvalue weighted by Gasteiger charge is 2.44. The molecule has 2 aliphatic rings. The van der Waals surface area contributed by atoms with Crippen molar-refractivity contribution in [2.24, 2.45) is 5.41 Å². The van der Waals surface area contributed by atoms with Crippen LogP contribution in [0.15, 0.2) is 24.3 Å². The maximum absolute atomic E-state index is 10.3. The normalized spacial score (nSPS) is 28.1. The van der Waals surface area contributed by atoms with Crippen molar-refractivity contribution >= 4 is 27.0 Å². The fraction of sp³-hybridized carbons (Fsp3) is 0.412. The van der Waals surface area contributed by atoms with Crippen molar-refractivity contribution in [2.75, 3.05) is 7.11 Å². The van der Waals surface area contributed by atoms with Gasteiger partial charge in [-0.2, -0.15) is 0 Å². The number of ether oxygens (including phenoxy) is 1. The number of thiophene rings is 1. The molecule has 0 radical (unpaired) electrons. The Hall–Kier alpha value is -1.32. The molecule has 1 heterocycles. The standard InChI is InChI=1S/C17H18O2S/c1-17-8-7-12-11-4-3-10(19-2)9-14(11)20-16(12)13(17)5-6-15(17)18/h3-5,9,15,18H,6-8H2,1-2H3/t15?,17-/m0/s1. The summed E-state index contributed by atoms with van der Waals surface area (Å²) in [5.41, 5.74) is 2.79. The molecule has 4 rings (SSSR count). The molecule has 0 fully saturated rings. The maximum Gasteiger partial charge on any atom is 0.120 e. The summed E-state index contributed by atoms with van der Waals surface area (Å²) in [5, 5.41) is 11.7. The van der Waals surface area contributed by atoms with Gasteiger partial charge in [-0.25, -0.2) is 0 Å². The van der Waals surface area contributed by atoms with Crippen molar-refractivity contribution in [3.05, 3.63) is 34.7 Å². The van der Waals surface area contributed by atoms with Crippen LogP contribution in [0, 0.1) is 5.41 Å². The summed E-state index contributed by atoms with van der Waals surface area (Å²) < 4.78 is 6.62. The first-order chi connectivity index (χ1) is 9.63. The van der Waals surface area contributed by atoms with Crippen molar-refractivity contribution in [3.8, 4) is 5.75 Å². The molecule has 2 aromatic rings. The van der Waals surface area contributed by atoms with Gasteiger partial charge in [0.2, 0.25) is 0 Å². The van der Waals surface area contributed by atoms with Crippen LogP contribution in [0.25, 0.3) is 15.7 Å². The third-order valence-corrected chi connectivity index (χ3v) is 6.26. The van der Waals surface area contributed by atoms with E-state index >= 15 is 0 Å². The molecule has 0 bridgehead atoms. The van der Waals surface area contributed by atoms with Gasteiger partial charge >= 0.3 is 0 Å². The molecular formula is C17H18O2S. The first kappa shape index (κ1) is 12.4. The molecule has 104 valence electrons. The van der Waals surface area contributed by atoms with Gasteiger partial charge in [-0.3, -0.25) is 0 Å². The molecule has 1 N–H and O–H groups in total. The second-order valence-electron chi connectivity index (χ2n) is 6.06. The van der Waals surface area contributed by atoms with E-state index in [-0.39, 0.29) is 11.5 Å². The smallest absolute Gasteiger partial charge is 0.120 e. The van der Waals surface area contributed by atoms with Crippen molar-refractivity contribution < 1.29 is 9.84 Å². The molecule has 0 amide bonds. The highest BCUT2D eigenvalue weighted by molar-refractivity contribution is 7.20. The number of methoxy groups -OCH3 is 1. The highest BCUT2D eigenvalue weighted by atomic mass is 32.1. The molecule has 0 saturated carbocycles. The monoisotopic (exact) mass is 286 g/mol. The number of aliphatic hydroxyl groups is 1. The van der Waals surface area contributed by atoms with E-state index in [1.165, 1.54) is 26.1 Å². The Bertz CT molecular complexity index is 728. The van der Waals surface area contributed by atoms with Gasteiger partial charge in [0.05, 0.1) is 13.2 Å². The fourth-order valence-electron chi connectivity index (χ4n) is 3.66. The van der Waals surface area contributed by atoms with Gasteiger partial charge in [-0.05, 0) is 54.0 Å². The number of rotatable bonds is 1. The van der Waals surface area contributed by atoms with Crippen LogP contribution in [0.5, 0.6) is 5.75 Å². The minimum absolute atomic E-state index is 0.0437. The first-order valence-electron chi connectivity index (χ1n) is 7.12. The Kier molecular flexibility index (Phi) is 2.54. The maximum atomic E-state index is 10.3. The van der Waals surface area contributed by atoms with E-state index in [9.17, 15) is 5.11 Å². The van der Waals surface area contributed by atoms with E-state index in [1.807, 2.05) is 17.4 Å². The van der Waals surface area contributed by atoms with Gasteiger partial charge in [0.25, 0.3) is 0 Å². The molecular weight excluding hydrogens is 268 g/mol. The largest absolute Gasteiger partial charge is 0.497 e. The Balaban J connectivity index is 1.94. The Morgan fingerprint density at radius 2 is 2.25 bits per heavy atom. The lowest BCUT2D eigenvalue weighted by atomic mass is 9.71. The van der Waals surface area contributed by atoms with Gasteiger partial charge in [-0.15, -0.1) is 11.3 Å². The van der Waals surface area contributed by atoms with E-state index < -0.39 is 0 Å². The Morgan fingerprint density at radius 1 is 1.40 bits per heavy atom. The Morgan fingerprint density at radius 3 is 3.05 bits per heavy atom. The minimum Gasteiger partial charge on any atom is -0.497 e. The average Bonchev–Trinajstić information content (AvgIpc) is 2.96. The van der Waals surface area contributed by atoms with E-state index in [1.54, 1.807) is 7.11 Å². The number of aryl methyl sites for hydroxylation is 1. The van der Waals surface area contributed by atoms with Crippen LogP contribution >= 0.6 is 11.3 Å². The SMILES string of the molecule is COc1ccc2c3c(sc2c1)C1=CCC(O)[C@@]1(C)CC3. The van der Waals surface area contributed by atoms with Crippen LogP contribution in [-0.2, 0) is 6.42 Å². The van der Waals surface area contributed by atoms with Crippen molar-refractivity contribution in [1.82, 2.24) is 0 Å². The van der Waals surface area contributed by atoms with Crippen LogP contribution in [0.2, 0.25) is 0 Å². The summed E-state index contributed by atoms with van der Waals surface area (Å²) in [6.07, 6.45) is 4.93. The number of benzene rings is 1. The predicted molar refractivity (Wildman–Crippen MR) is 83.4 cm³/mol. The topological polar surface area (TPSA) is 29.5 Å². The highest BCUT2D eigenvalue weighted by Crippen LogP contribution is 2.55. The molecule has 2 aliphatic carbocycles. The summed E-state index contributed by atoms with van der Waals surface area (Å²) in [4.78, 5) is 1.39. The lowest BCUT2D eigenvalue weighted by Crippen LogP contribution is -2.32. The van der Waals surface area contributed by atoms with Crippen LogP contribution in [-0.4, -0.2) is 18.3 Å². The number of hydrogen-bond acceptors (Lipinski definition) is 3. The van der Waals surface area contributed by atoms with Gasteiger partial charge in [0.1, 0.15) is 5.75 Å². The van der Waals surface area contributed by atoms with Crippen LogP contribution in [0.1, 0.15) is 30.2 Å². The number of fused-ring (bicyclic) bond motifs is 5. The molecule has 20 heavy (non-hydrogen) atoms. The van der Waals surface area contributed by atoms with Gasteiger partial charge in [0.15, 0.2) is 0 Å². The summed E-state index contributed by atoms with van der Waals surface area (Å²) >= 11 is 1.85. The minimum atomic E-state index is -0.217. The third-order valence-electron chi connectivity index (χ3n) is 5.03. The fourth-order valence-corrected chi connectivity index (χ4v) is 5.12. The van der Waals surface area contributed by atoms with E-state index in [0.717, 1.165) is 25.0 Å². The molecule has 3 heteroatoms. The predicted octanol–water partition coefficient (Wildman–Crippen LogP) is 4.01. The zero-order chi connectivity index (χ0) is 13.9. The summed E-state index contributed by atoms with van der Waals surface area (Å²) in [7, 11) is 1.71. The van der Waals surface area contributed by atoms with Crippen LogP contribution in [0.4, 0.5) is 0 Å². The Labute approximate surface area is 122 Å². The van der Waals surface area contributed by atoms with Gasteiger partial charge in [-0.1, -0.05) is 13.0 Å². The molecule has 1 unspecified atom stereocenters. The van der Waals surface area contributed by atoms with E-state index in [0.29, 0.717) is 0 Å². The lowest BCUT2D eigenvalue weighted by molar-refractivity contribution is 0.0830. The molecule has 0 spiro atoms. The second kappa shape index (κ2) is 4.09. The zero-order valence-corrected chi connectivity index (χ0v) is 12.6. The molecule has 2 nitrogen and oxygen atoms in total. The van der Waals surface area contributed by atoms with E-state index in [2.05, 4.69) is 25.1 Å². The molecule has 1 aromatic heterocycles. The van der Waals surface area contributed by atoms with Crippen molar-refractivity contribution in [1.29, 1.82) is 0 Å². The molecule has 1 aromatic carbocycles. The second-order valence-corrected chi connectivity index (χ2v) is 7.11.